The Hall–Kier alpha value is -6.65. The molecule has 0 spiro atoms. The van der Waals surface area contributed by atoms with Crippen LogP contribution in [0.2, 0.25) is 0 Å². The van der Waals surface area contributed by atoms with Crippen LogP contribution in [0.3, 0.4) is 0 Å². The maximum Gasteiger partial charge on any atom is 0.164 e. The van der Waals surface area contributed by atoms with Gasteiger partial charge in [-0.25, -0.2) is 15.0 Å². The maximum atomic E-state index is 6.50. The first-order chi connectivity index (χ1) is 24.3. The van der Waals surface area contributed by atoms with E-state index in [1.807, 2.05) is 42.5 Å². The van der Waals surface area contributed by atoms with Gasteiger partial charge in [-0.05, 0) is 78.8 Å². The SMILES string of the molecule is c1ccc(-c2nc(-c3ccc4c(c3)-c3cccc5cccc-4c35)nc(-c3cccc4oc5cc6ccc7ccccc7c6cc5c34)n2)cc1. The molecule has 0 fully saturated rings. The number of aromatic nitrogens is 3. The Morgan fingerprint density at radius 2 is 1.02 bits per heavy atom. The Labute approximate surface area is 281 Å². The normalized spacial score (nSPS) is 12.1. The molecule has 2 heterocycles. The van der Waals surface area contributed by atoms with Gasteiger partial charge in [0.1, 0.15) is 11.2 Å². The van der Waals surface area contributed by atoms with E-state index in [1.165, 1.54) is 49.2 Å². The molecule has 4 nitrogen and oxygen atoms in total. The van der Waals surface area contributed by atoms with E-state index in [9.17, 15) is 0 Å². The number of nitrogens with zero attached hydrogens (tertiary/aromatic N) is 3. The van der Waals surface area contributed by atoms with Crippen LogP contribution in [0.4, 0.5) is 0 Å². The zero-order chi connectivity index (χ0) is 32.1. The van der Waals surface area contributed by atoms with E-state index in [2.05, 4.69) is 109 Å². The minimum Gasteiger partial charge on any atom is -0.456 e. The number of benzene rings is 8. The lowest BCUT2D eigenvalue weighted by molar-refractivity contribution is 0.669. The zero-order valence-electron chi connectivity index (χ0n) is 26.2. The summed E-state index contributed by atoms with van der Waals surface area (Å²) in [5.74, 6) is 1.88. The molecule has 0 atom stereocenters. The number of hydrogen-bond donors (Lipinski definition) is 0. The van der Waals surface area contributed by atoms with Crippen molar-refractivity contribution in [3.63, 3.8) is 0 Å². The summed E-state index contributed by atoms with van der Waals surface area (Å²) in [4.78, 5) is 15.4. The molecule has 226 valence electrons. The van der Waals surface area contributed by atoms with E-state index in [0.717, 1.165) is 44.0 Å². The second kappa shape index (κ2) is 9.93. The second-order valence-electron chi connectivity index (χ2n) is 12.8. The third-order valence-electron chi connectivity index (χ3n) is 10.0. The van der Waals surface area contributed by atoms with Crippen molar-refractivity contribution < 1.29 is 4.42 Å². The molecule has 4 heteroatoms. The molecule has 0 amide bonds. The predicted molar refractivity (Wildman–Crippen MR) is 200 cm³/mol. The highest BCUT2D eigenvalue weighted by molar-refractivity contribution is 6.19. The molecule has 0 N–H and O–H groups in total. The summed E-state index contributed by atoms with van der Waals surface area (Å²) < 4.78 is 6.50. The molecule has 2 aromatic heterocycles. The van der Waals surface area contributed by atoms with Crippen LogP contribution in [0, 0.1) is 0 Å². The first-order valence-corrected chi connectivity index (χ1v) is 16.5. The van der Waals surface area contributed by atoms with Crippen molar-refractivity contribution in [2.75, 3.05) is 0 Å². The number of fused-ring (bicyclic) bond motifs is 9. The van der Waals surface area contributed by atoms with E-state index in [-0.39, 0.29) is 0 Å². The first-order valence-electron chi connectivity index (χ1n) is 16.5. The fraction of sp³-hybridized carbons (Fsp3) is 0. The van der Waals surface area contributed by atoms with Crippen molar-refractivity contribution in [3.8, 4) is 56.4 Å². The van der Waals surface area contributed by atoms with Gasteiger partial charge in [-0.2, -0.15) is 0 Å². The van der Waals surface area contributed by atoms with Crippen molar-refractivity contribution in [1.82, 2.24) is 15.0 Å². The highest BCUT2D eigenvalue weighted by atomic mass is 16.3. The van der Waals surface area contributed by atoms with Gasteiger partial charge in [0.05, 0.1) is 0 Å². The maximum absolute atomic E-state index is 6.50. The third kappa shape index (κ3) is 3.89. The zero-order valence-corrected chi connectivity index (χ0v) is 26.2. The second-order valence-corrected chi connectivity index (χ2v) is 12.8. The van der Waals surface area contributed by atoms with Gasteiger partial charge in [0, 0.05) is 27.5 Å². The topological polar surface area (TPSA) is 51.8 Å². The Balaban J connectivity index is 1.16. The van der Waals surface area contributed by atoms with Gasteiger partial charge in [-0.15, -0.1) is 0 Å². The summed E-state index contributed by atoms with van der Waals surface area (Å²) in [5, 5.41) is 9.37. The van der Waals surface area contributed by atoms with E-state index in [4.69, 9.17) is 19.4 Å². The van der Waals surface area contributed by atoms with Gasteiger partial charge in [0.25, 0.3) is 0 Å². The average Bonchev–Trinajstić information content (AvgIpc) is 3.70. The van der Waals surface area contributed by atoms with E-state index in [0.29, 0.717) is 17.5 Å². The highest BCUT2D eigenvalue weighted by Crippen LogP contribution is 2.48. The van der Waals surface area contributed by atoms with Crippen molar-refractivity contribution in [2.24, 2.45) is 0 Å². The quantitative estimate of drug-likeness (QED) is 0.184. The molecular weight excluding hydrogens is 599 g/mol. The third-order valence-corrected chi connectivity index (χ3v) is 10.0. The minimum absolute atomic E-state index is 0.612. The number of hydrogen-bond acceptors (Lipinski definition) is 4. The summed E-state index contributed by atoms with van der Waals surface area (Å²) in [5.41, 5.74) is 9.41. The standard InChI is InChI=1S/C45H25N3O/c1-2-10-28(11-3-1)43-46-44(30-21-22-32-33-15-6-12-27-13-7-16-34(41(27)33)37(32)23-30)48-45(47-43)35-17-8-18-39-42(35)38-25-36-29(24-40(38)49-39)20-19-26-9-4-5-14-31(26)36/h1-25H. The van der Waals surface area contributed by atoms with Crippen LogP contribution < -0.4 is 0 Å². The molecule has 0 bridgehead atoms. The van der Waals surface area contributed by atoms with Crippen LogP contribution in [0.1, 0.15) is 0 Å². The molecular formula is C45H25N3O. The number of rotatable bonds is 3. The summed E-state index contributed by atoms with van der Waals surface area (Å²) >= 11 is 0. The van der Waals surface area contributed by atoms with E-state index < -0.39 is 0 Å². The van der Waals surface area contributed by atoms with E-state index in [1.54, 1.807) is 0 Å². The lowest BCUT2D eigenvalue weighted by atomic mass is 9.98. The number of furan rings is 1. The van der Waals surface area contributed by atoms with Crippen LogP contribution in [-0.4, -0.2) is 15.0 Å². The largest absolute Gasteiger partial charge is 0.456 e. The smallest absolute Gasteiger partial charge is 0.164 e. The van der Waals surface area contributed by atoms with Crippen LogP contribution in [0.15, 0.2) is 156 Å². The molecule has 0 aliphatic heterocycles. The Bertz CT molecular complexity index is 2990. The lowest BCUT2D eigenvalue weighted by Gasteiger charge is -2.11. The van der Waals surface area contributed by atoms with Crippen LogP contribution >= 0.6 is 0 Å². The molecule has 11 rings (SSSR count). The van der Waals surface area contributed by atoms with Gasteiger partial charge in [-0.3, -0.25) is 0 Å². The van der Waals surface area contributed by atoms with Crippen LogP contribution in [-0.2, 0) is 0 Å². The molecule has 0 radical (unpaired) electrons. The van der Waals surface area contributed by atoms with Gasteiger partial charge >= 0.3 is 0 Å². The lowest BCUT2D eigenvalue weighted by Crippen LogP contribution is -2.00. The molecule has 49 heavy (non-hydrogen) atoms. The van der Waals surface area contributed by atoms with Gasteiger partial charge < -0.3 is 4.42 Å². The van der Waals surface area contributed by atoms with Crippen molar-refractivity contribution in [3.05, 3.63) is 152 Å². The molecule has 1 aliphatic carbocycles. The van der Waals surface area contributed by atoms with Crippen molar-refractivity contribution >= 4 is 54.3 Å². The van der Waals surface area contributed by atoms with Gasteiger partial charge in [-0.1, -0.05) is 127 Å². The minimum atomic E-state index is 0.612. The summed E-state index contributed by atoms with van der Waals surface area (Å²) in [6.07, 6.45) is 0. The molecule has 0 unspecified atom stereocenters. The van der Waals surface area contributed by atoms with Crippen molar-refractivity contribution in [1.29, 1.82) is 0 Å². The summed E-state index contributed by atoms with van der Waals surface area (Å²) in [6, 6.07) is 53.3. The van der Waals surface area contributed by atoms with Crippen molar-refractivity contribution in [2.45, 2.75) is 0 Å². The molecule has 8 aromatic carbocycles. The highest BCUT2D eigenvalue weighted by Gasteiger charge is 2.23. The Kier molecular flexibility index (Phi) is 5.35. The fourth-order valence-electron chi connectivity index (χ4n) is 7.79. The monoisotopic (exact) mass is 623 g/mol. The van der Waals surface area contributed by atoms with E-state index >= 15 is 0 Å². The average molecular weight is 624 g/mol. The van der Waals surface area contributed by atoms with Gasteiger partial charge in [0.15, 0.2) is 17.5 Å². The summed E-state index contributed by atoms with van der Waals surface area (Å²) in [6.45, 7) is 0. The first kappa shape index (κ1) is 26.4. The fourth-order valence-corrected chi connectivity index (χ4v) is 7.79. The molecule has 1 aliphatic rings. The molecule has 0 saturated carbocycles. The molecule has 10 aromatic rings. The van der Waals surface area contributed by atoms with Gasteiger partial charge in [0.2, 0.25) is 0 Å². The summed E-state index contributed by atoms with van der Waals surface area (Å²) in [7, 11) is 0. The Morgan fingerprint density at radius 1 is 0.327 bits per heavy atom. The van der Waals surface area contributed by atoms with Crippen LogP contribution in [0.5, 0.6) is 0 Å². The molecule has 0 saturated heterocycles. The predicted octanol–water partition coefficient (Wildman–Crippen LogP) is 11.9. The Morgan fingerprint density at radius 3 is 1.90 bits per heavy atom. The van der Waals surface area contributed by atoms with Crippen LogP contribution in [0.25, 0.3) is 111 Å².